The summed E-state index contributed by atoms with van der Waals surface area (Å²) in [6.45, 7) is 0.528. The molecule has 3 rings (SSSR count). The molecule has 0 heterocycles. The van der Waals surface area contributed by atoms with Crippen molar-refractivity contribution in [1.82, 2.24) is 4.72 Å². The standard InChI is InChI=1S/C15H18N2O2S/c16-9-12-2-1-3-15(8-12)20(18,19)17-10-14-7-11-4-5-13(14)6-11/h1-3,8,11,13-14,17H,4-7,10H2. The van der Waals surface area contributed by atoms with E-state index in [1.165, 1.54) is 31.4 Å². The zero-order valence-corrected chi connectivity index (χ0v) is 12.1. The number of sulfonamides is 1. The van der Waals surface area contributed by atoms with E-state index in [0.29, 0.717) is 23.9 Å². The lowest BCUT2D eigenvalue weighted by Gasteiger charge is -2.21. The quantitative estimate of drug-likeness (QED) is 0.924. The second kappa shape index (κ2) is 5.19. The molecule has 20 heavy (non-hydrogen) atoms. The van der Waals surface area contributed by atoms with Crippen molar-refractivity contribution in [3.63, 3.8) is 0 Å². The number of rotatable bonds is 4. The molecule has 0 aromatic heterocycles. The molecule has 1 aromatic carbocycles. The van der Waals surface area contributed by atoms with Gasteiger partial charge in [-0.15, -0.1) is 0 Å². The van der Waals surface area contributed by atoms with Crippen LogP contribution in [0.25, 0.3) is 0 Å². The highest BCUT2D eigenvalue weighted by molar-refractivity contribution is 7.89. The van der Waals surface area contributed by atoms with Gasteiger partial charge >= 0.3 is 0 Å². The highest BCUT2D eigenvalue weighted by Gasteiger charge is 2.39. The smallest absolute Gasteiger partial charge is 0.211 e. The molecule has 3 atom stereocenters. The molecule has 2 aliphatic carbocycles. The highest BCUT2D eigenvalue weighted by atomic mass is 32.2. The molecule has 5 heteroatoms. The van der Waals surface area contributed by atoms with E-state index in [4.69, 9.17) is 5.26 Å². The molecular weight excluding hydrogens is 272 g/mol. The molecule has 4 nitrogen and oxygen atoms in total. The second-order valence-corrected chi connectivity index (χ2v) is 7.69. The summed E-state index contributed by atoms with van der Waals surface area (Å²) in [4.78, 5) is 0.180. The fraction of sp³-hybridized carbons (Fsp3) is 0.533. The lowest BCUT2D eigenvalue weighted by Crippen LogP contribution is -2.31. The lowest BCUT2D eigenvalue weighted by atomic mass is 9.89. The summed E-state index contributed by atoms with van der Waals surface area (Å²) in [6.07, 6.45) is 5.00. The Labute approximate surface area is 119 Å². The molecule has 0 spiro atoms. The maximum atomic E-state index is 12.2. The maximum absolute atomic E-state index is 12.2. The Bertz CT molecular complexity index is 648. The predicted molar refractivity (Wildman–Crippen MR) is 75.3 cm³/mol. The Morgan fingerprint density at radius 1 is 1.30 bits per heavy atom. The first-order valence-corrected chi connectivity index (χ1v) is 8.56. The average Bonchev–Trinajstić information content (AvgIpc) is 3.08. The van der Waals surface area contributed by atoms with Crippen LogP contribution in [0.3, 0.4) is 0 Å². The molecule has 0 saturated heterocycles. The number of nitrogens with zero attached hydrogens (tertiary/aromatic N) is 1. The minimum atomic E-state index is -3.50. The summed E-state index contributed by atoms with van der Waals surface area (Å²) in [5, 5.41) is 8.84. The van der Waals surface area contributed by atoms with Gasteiger partial charge in [0.15, 0.2) is 0 Å². The van der Waals surface area contributed by atoms with Gasteiger partial charge in [0.1, 0.15) is 0 Å². The van der Waals surface area contributed by atoms with Crippen LogP contribution in [0.2, 0.25) is 0 Å². The van der Waals surface area contributed by atoms with Crippen LogP contribution in [0.5, 0.6) is 0 Å². The number of fused-ring (bicyclic) bond motifs is 2. The average molecular weight is 290 g/mol. The summed E-state index contributed by atoms with van der Waals surface area (Å²) in [5.74, 6) is 2.01. The Kier molecular flexibility index (Phi) is 3.53. The molecular formula is C15H18N2O2S. The van der Waals surface area contributed by atoms with E-state index in [1.54, 1.807) is 12.1 Å². The Morgan fingerprint density at radius 2 is 2.15 bits per heavy atom. The van der Waals surface area contributed by atoms with E-state index < -0.39 is 10.0 Å². The van der Waals surface area contributed by atoms with Gasteiger partial charge in [-0.25, -0.2) is 13.1 Å². The van der Waals surface area contributed by atoms with Crippen LogP contribution in [0.15, 0.2) is 29.2 Å². The third-order valence-corrected chi connectivity index (χ3v) is 6.11. The van der Waals surface area contributed by atoms with Gasteiger partial charge in [-0.05, 0) is 55.2 Å². The first-order chi connectivity index (χ1) is 9.58. The van der Waals surface area contributed by atoms with Crippen molar-refractivity contribution in [2.24, 2.45) is 17.8 Å². The molecule has 106 valence electrons. The van der Waals surface area contributed by atoms with Crippen LogP contribution in [0.1, 0.15) is 31.2 Å². The van der Waals surface area contributed by atoms with E-state index in [0.717, 1.165) is 12.3 Å². The SMILES string of the molecule is N#Cc1cccc(S(=O)(=O)NCC2CC3CCC2C3)c1. The van der Waals surface area contributed by atoms with Crippen LogP contribution < -0.4 is 4.72 Å². The summed E-state index contributed by atoms with van der Waals surface area (Å²) in [6, 6.07) is 8.13. The molecule has 2 fully saturated rings. The van der Waals surface area contributed by atoms with E-state index in [2.05, 4.69) is 4.72 Å². The van der Waals surface area contributed by atoms with Crippen molar-refractivity contribution in [3.8, 4) is 6.07 Å². The number of nitriles is 1. The van der Waals surface area contributed by atoms with Crippen molar-refractivity contribution >= 4 is 10.0 Å². The second-order valence-electron chi connectivity index (χ2n) is 5.93. The third-order valence-electron chi connectivity index (χ3n) is 4.69. The lowest BCUT2D eigenvalue weighted by molar-refractivity contribution is 0.333. The van der Waals surface area contributed by atoms with Gasteiger partial charge in [-0.2, -0.15) is 5.26 Å². The van der Waals surface area contributed by atoms with Crippen molar-refractivity contribution in [2.45, 2.75) is 30.6 Å². The molecule has 2 aliphatic rings. The minimum Gasteiger partial charge on any atom is -0.211 e. The maximum Gasteiger partial charge on any atom is 0.240 e. The van der Waals surface area contributed by atoms with Crippen LogP contribution in [0, 0.1) is 29.1 Å². The molecule has 0 aliphatic heterocycles. The molecule has 2 saturated carbocycles. The fourth-order valence-corrected chi connectivity index (χ4v) is 4.80. The summed E-state index contributed by atoms with van der Waals surface area (Å²) in [5.41, 5.74) is 0.368. The molecule has 0 amide bonds. The molecule has 1 aromatic rings. The molecule has 1 N–H and O–H groups in total. The van der Waals surface area contributed by atoms with Gasteiger partial charge in [0.25, 0.3) is 0 Å². The van der Waals surface area contributed by atoms with Crippen molar-refractivity contribution in [3.05, 3.63) is 29.8 Å². The summed E-state index contributed by atoms with van der Waals surface area (Å²) >= 11 is 0. The van der Waals surface area contributed by atoms with Gasteiger partial charge in [-0.3, -0.25) is 0 Å². The van der Waals surface area contributed by atoms with Crippen molar-refractivity contribution in [2.75, 3.05) is 6.54 Å². The number of benzene rings is 1. The van der Waals surface area contributed by atoms with E-state index in [1.807, 2.05) is 6.07 Å². The molecule has 0 radical (unpaired) electrons. The van der Waals surface area contributed by atoms with Crippen molar-refractivity contribution < 1.29 is 8.42 Å². The van der Waals surface area contributed by atoms with E-state index >= 15 is 0 Å². The Hall–Kier alpha value is -1.38. The largest absolute Gasteiger partial charge is 0.240 e. The summed E-state index contributed by atoms with van der Waals surface area (Å²) in [7, 11) is -3.50. The monoisotopic (exact) mass is 290 g/mol. The predicted octanol–water partition coefficient (Wildman–Crippen LogP) is 2.27. The van der Waals surface area contributed by atoms with Gasteiger partial charge in [0, 0.05) is 6.54 Å². The van der Waals surface area contributed by atoms with Crippen LogP contribution in [-0.2, 0) is 10.0 Å². The normalized spacial score (nSPS) is 28.4. The first kappa shape index (κ1) is 13.6. The zero-order valence-electron chi connectivity index (χ0n) is 11.2. The topological polar surface area (TPSA) is 70.0 Å². The Balaban J connectivity index is 1.68. The Morgan fingerprint density at radius 3 is 2.80 bits per heavy atom. The number of hydrogen-bond acceptors (Lipinski definition) is 3. The van der Waals surface area contributed by atoms with Crippen molar-refractivity contribution in [1.29, 1.82) is 5.26 Å². The number of hydrogen-bond donors (Lipinski definition) is 1. The molecule has 2 bridgehead atoms. The minimum absolute atomic E-state index is 0.180. The molecule has 3 unspecified atom stereocenters. The fourth-order valence-electron chi connectivity index (χ4n) is 3.66. The van der Waals surface area contributed by atoms with Crippen LogP contribution in [0.4, 0.5) is 0 Å². The van der Waals surface area contributed by atoms with Crippen LogP contribution in [-0.4, -0.2) is 15.0 Å². The van der Waals surface area contributed by atoms with E-state index in [9.17, 15) is 8.42 Å². The van der Waals surface area contributed by atoms with Gasteiger partial charge in [-0.1, -0.05) is 12.5 Å². The third kappa shape index (κ3) is 2.58. The summed E-state index contributed by atoms with van der Waals surface area (Å²) < 4.78 is 27.2. The zero-order chi connectivity index (χ0) is 14.2. The van der Waals surface area contributed by atoms with Gasteiger partial charge in [0.05, 0.1) is 16.5 Å². The number of nitrogens with one attached hydrogen (secondary N) is 1. The van der Waals surface area contributed by atoms with Gasteiger partial charge < -0.3 is 0 Å². The highest BCUT2D eigenvalue weighted by Crippen LogP contribution is 2.48. The van der Waals surface area contributed by atoms with Crippen LogP contribution >= 0.6 is 0 Å². The van der Waals surface area contributed by atoms with Gasteiger partial charge in [0.2, 0.25) is 10.0 Å². The van der Waals surface area contributed by atoms with E-state index in [-0.39, 0.29) is 4.90 Å². The first-order valence-electron chi connectivity index (χ1n) is 7.08.